The highest BCUT2D eigenvalue weighted by Gasteiger charge is 2.16. The Morgan fingerprint density at radius 2 is 2.11 bits per heavy atom. The molecule has 2 aromatic carbocycles. The number of benzene rings is 2. The number of hydrogen-bond donors (Lipinski definition) is 1. The van der Waals surface area contributed by atoms with Crippen LogP contribution >= 0.6 is 0 Å². The number of rotatable bonds is 1. The fourth-order valence-corrected chi connectivity index (χ4v) is 2.41. The number of phenolic OH excluding ortho intramolecular Hbond substituents is 1. The zero-order valence-electron chi connectivity index (χ0n) is 10.4. The maximum atomic E-state index is 9.57. The Bertz CT molecular complexity index is 671. The molecule has 1 N–H and O–H groups in total. The van der Waals surface area contributed by atoms with E-state index in [0.717, 1.165) is 36.3 Å². The Balaban J connectivity index is 2.15. The van der Waals surface area contributed by atoms with Crippen LogP contribution in [0.2, 0.25) is 0 Å². The highest BCUT2D eigenvalue weighted by molar-refractivity contribution is 5.74. The molecule has 0 spiro atoms. The second-order valence-electron chi connectivity index (χ2n) is 4.59. The lowest BCUT2D eigenvalue weighted by Crippen LogP contribution is -2.09. The number of fused-ring (bicyclic) bond motifs is 1. The van der Waals surface area contributed by atoms with Crippen LogP contribution in [0.15, 0.2) is 36.4 Å². The van der Waals surface area contributed by atoms with E-state index < -0.39 is 0 Å². The summed E-state index contributed by atoms with van der Waals surface area (Å²) in [6.45, 7) is 0.729. The molecule has 19 heavy (non-hydrogen) atoms. The number of nitriles is 1. The summed E-state index contributed by atoms with van der Waals surface area (Å²) in [6.07, 6.45) is 2.06. The molecule has 94 valence electrons. The Morgan fingerprint density at radius 3 is 2.95 bits per heavy atom. The third kappa shape index (κ3) is 2.02. The molecule has 0 unspecified atom stereocenters. The molecule has 3 nitrogen and oxygen atoms in total. The molecule has 0 aliphatic carbocycles. The van der Waals surface area contributed by atoms with E-state index in [4.69, 9.17) is 10.00 Å². The number of para-hydroxylation sites is 1. The Morgan fingerprint density at radius 1 is 1.21 bits per heavy atom. The zero-order valence-corrected chi connectivity index (χ0v) is 10.4. The summed E-state index contributed by atoms with van der Waals surface area (Å²) >= 11 is 0. The molecule has 0 aromatic heterocycles. The van der Waals surface area contributed by atoms with Gasteiger partial charge in [0.15, 0.2) is 0 Å². The quantitative estimate of drug-likeness (QED) is 0.846. The van der Waals surface area contributed by atoms with E-state index in [1.807, 2.05) is 24.3 Å². The average Bonchev–Trinajstić information content (AvgIpc) is 2.47. The van der Waals surface area contributed by atoms with Crippen molar-refractivity contribution in [2.24, 2.45) is 0 Å². The van der Waals surface area contributed by atoms with E-state index in [2.05, 4.69) is 6.07 Å². The molecule has 0 saturated carbocycles. The Hall–Kier alpha value is -2.47. The molecule has 0 atom stereocenters. The summed E-state index contributed by atoms with van der Waals surface area (Å²) in [4.78, 5) is 0. The minimum atomic E-state index is 0.0111. The summed E-state index contributed by atoms with van der Waals surface area (Å²) < 4.78 is 5.77. The predicted molar refractivity (Wildman–Crippen MR) is 72.1 cm³/mol. The van der Waals surface area contributed by atoms with E-state index in [1.165, 1.54) is 5.56 Å². The van der Waals surface area contributed by atoms with Gasteiger partial charge in [-0.2, -0.15) is 5.26 Å². The monoisotopic (exact) mass is 251 g/mol. The normalized spacial score (nSPS) is 13.2. The molecule has 3 heteroatoms. The van der Waals surface area contributed by atoms with E-state index in [1.54, 1.807) is 12.1 Å². The van der Waals surface area contributed by atoms with Crippen LogP contribution in [-0.4, -0.2) is 11.7 Å². The molecule has 3 rings (SSSR count). The third-order valence-electron chi connectivity index (χ3n) is 3.36. The summed E-state index contributed by atoms with van der Waals surface area (Å²) in [5, 5.41) is 18.6. The van der Waals surface area contributed by atoms with Crippen molar-refractivity contribution in [3.63, 3.8) is 0 Å². The van der Waals surface area contributed by atoms with Crippen molar-refractivity contribution in [3.8, 4) is 28.7 Å². The van der Waals surface area contributed by atoms with Crippen molar-refractivity contribution in [3.05, 3.63) is 47.5 Å². The van der Waals surface area contributed by atoms with Gasteiger partial charge in [0.1, 0.15) is 17.6 Å². The zero-order chi connectivity index (χ0) is 13.2. The molecule has 0 bridgehead atoms. The summed E-state index contributed by atoms with van der Waals surface area (Å²) in [5.41, 5.74) is 3.36. The smallest absolute Gasteiger partial charge is 0.133 e. The SMILES string of the molecule is N#Cc1cc(-c2cccc3c2OCCC3)ccc1O. The number of hydrogen-bond acceptors (Lipinski definition) is 3. The molecular formula is C16H13NO2. The van der Waals surface area contributed by atoms with Gasteiger partial charge in [-0.25, -0.2) is 0 Å². The van der Waals surface area contributed by atoms with Crippen LogP contribution in [0, 0.1) is 11.3 Å². The lowest BCUT2D eigenvalue weighted by atomic mass is 9.96. The first-order valence-corrected chi connectivity index (χ1v) is 6.28. The number of aromatic hydroxyl groups is 1. The number of nitrogens with zero attached hydrogens (tertiary/aromatic N) is 1. The number of ether oxygens (including phenoxy) is 1. The first-order valence-electron chi connectivity index (χ1n) is 6.28. The lowest BCUT2D eigenvalue weighted by Gasteiger charge is -2.20. The van der Waals surface area contributed by atoms with Crippen molar-refractivity contribution < 1.29 is 9.84 Å². The van der Waals surface area contributed by atoms with Crippen LogP contribution in [0.4, 0.5) is 0 Å². The number of aryl methyl sites for hydroxylation is 1. The topological polar surface area (TPSA) is 53.2 Å². The maximum Gasteiger partial charge on any atom is 0.133 e. The molecule has 1 heterocycles. The van der Waals surface area contributed by atoms with Gasteiger partial charge >= 0.3 is 0 Å². The second kappa shape index (κ2) is 4.66. The largest absolute Gasteiger partial charge is 0.507 e. The third-order valence-corrected chi connectivity index (χ3v) is 3.36. The molecule has 2 aromatic rings. The maximum absolute atomic E-state index is 9.57. The van der Waals surface area contributed by atoms with Gasteiger partial charge in [0, 0.05) is 5.56 Å². The van der Waals surface area contributed by atoms with Crippen LogP contribution in [0.3, 0.4) is 0 Å². The minimum absolute atomic E-state index is 0.0111. The van der Waals surface area contributed by atoms with Crippen molar-refractivity contribution in [1.82, 2.24) is 0 Å². The van der Waals surface area contributed by atoms with E-state index in [-0.39, 0.29) is 11.3 Å². The fraction of sp³-hybridized carbons (Fsp3) is 0.188. The highest BCUT2D eigenvalue weighted by Crippen LogP contribution is 2.37. The first kappa shape index (κ1) is 11.6. The predicted octanol–water partition coefficient (Wildman–Crippen LogP) is 3.26. The van der Waals surface area contributed by atoms with Gasteiger partial charge < -0.3 is 9.84 Å². The molecule has 0 fully saturated rings. The van der Waals surface area contributed by atoms with Gasteiger partial charge in [-0.3, -0.25) is 0 Å². The van der Waals surface area contributed by atoms with Crippen LogP contribution in [0.25, 0.3) is 11.1 Å². The Kier molecular flexibility index (Phi) is 2.85. The fourth-order valence-electron chi connectivity index (χ4n) is 2.41. The molecule has 0 amide bonds. The van der Waals surface area contributed by atoms with Crippen molar-refractivity contribution in [1.29, 1.82) is 5.26 Å². The lowest BCUT2D eigenvalue weighted by molar-refractivity contribution is 0.289. The van der Waals surface area contributed by atoms with Gasteiger partial charge in [-0.05, 0) is 36.1 Å². The highest BCUT2D eigenvalue weighted by atomic mass is 16.5. The van der Waals surface area contributed by atoms with Crippen LogP contribution < -0.4 is 4.74 Å². The van der Waals surface area contributed by atoms with E-state index in [0.29, 0.717) is 0 Å². The molecule has 1 aliphatic rings. The number of phenols is 1. The summed E-state index contributed by atoms with van der Waals surface area (Å²) in [7, 11) is 0. The molecule has 0 radical (unpaired) electrons. The molecule has 0 saturated heterocycles. The van der Waals surface area contributed by atoms with Crippen LogP contribution in [0.1, 0.15) is 17.5 Å². The van der Waals surface area contributed by atoms with Gasteiger partial charge in [0.25, 0.3) is 0 Å². The molecule has 1 aliphatic heterocycles. The standard InChI is InChI=1S/C16H13NO2/c17-10-13-9-12(6-7-15(13)18)14-5-1-3-11-4-2-8-19-16(11)14/h1,3,5-7,9,18H,2,4,8H2. The van der Waals surface area contributed by atoms with E-state index >= 15 is 0 Å². The van der Waals surface area contributed by atoms with Gasteiger partial charge in [-0.15, -0.1) is 0 Å². The minimum Gasteiger partial charge on any atom is -0.507 e. The van der Waals surface area contributed by atoms with Crippen molar-refractivity contribution in [2.45, 2.75) is 12.8 Å². The van der Waals surface area contributed by atoms with Crippen LogP contribution in [-0.2, 0) is 6.42 Å². The van der Waals surface area contributed by atoms with Crippen molar-refractivity contribution in [2.75, 3.05) is 6.61 Å². The summed E-state index contributed by atoms with van der Waals surface area (Å²) in [5.74, 6) is 0.917. The van der Waals surface area contributed by atoms with Gasteiger partial charge in [-0.1, -0.05) is 24.3 Å². The molecular weight excluding hydrogens is 238 g/mol. The van der Waals surface area contributed by atoms with Gasteiger partial charge in [0.05, 0.1) is 12.2 Å². The summed E-state index contributed by atoms with van der Waals surface area (Å²) in [6, 6.07) is 13.1. The second-order valence-corrected chi connectivity index (χ2v) is 4.59. The van der Waals surface area contributed by atoms with Crippen LogP contribution in [0.5, 0.6) is 11.5 Å². The average molecular weight is 251 g/mol. The first-order chi connectivity index (χ1) is 9.29. The van der Waals surface area contributed by atoms with Gasteiger partial charge in [0.2, 0.25) is 0 Å². The Labute approximate surface area is 111 Å². The van der Waals surface area contributed by atoms with Crippen molar-refractivity contribution >= 4 is 0 Å². The van der Waals surface area contributed by atoms with E-state index in [9.17, 15) is 5.11 Å².